The SMILES string of the molecule is CCOc1cc(C=C2CC(=O)NC2=O)ccc1OC(F)F. The molecule has 1 aromatic carbocycles. The van der Waals surface area contributed by atoms with Crippen molar-refractivity contribution in [3.8, 4) is 11.5 Å². The van der Waals surface area contributed by atoms with E-state index in [2.05, 4.69) is 10.1 Å². The van der Waals surface area contributed by atoms with E-state index in [0.717, 1.165) is 0 Å². The van der Waals surface area contributed by atoms with Gasteiger partial charge in [0, 0.05) is 5.57 Å². The minimum atomic E-state index is -2.95. The Morgan fingerprint density at radius 3 is 2.67 bits per heavy atom. The standard InChI is InChI=1S/C14H13F2NO4/c1-2-20-11-6-8(3-4-10(11)21-14(15)16)5-9-7-12(18)17-13(9)19/h3-6,14H,2,7H2,1H3,(H,17,18,19). The summed E-state index contributed by atoms with van der Waals surface area (Å²) in [5.41, 5.74) is 0.866. The van der Waals surface area contributed by atoms with Gasteiger partial charge in [-0.15, -0.1) is 0 Å². The molecule has 0 aliphatic carbocycles. The van der Waals surface area contributed by atoms with Gasteiger partial charge in [0.15, 0.2) is 11.5 Å². The Bertz CT molecular complexity index is 599. The van der Waals surface area contributed by atoms with Crippen molar-refractivity contribution >= 4 is 17.9 Å². The summed E-state index contributed by atoms with van der Waals surface area (Å²) in [6.07, 6.45) is 1.51. The lowest BCUT2D eigenvalue weighted by Gasteiger charge is -2.11. The highest BCUT2D eigenvalue weighted by Crippen LogP contribution is 2.31. The van der Waals surface area contributed by atoms with Gasteiger partial charge in [-0.2, -0.15) is 8.78 Å². The monoisotopic (exact) mass is 297 g/mol. The van der Waals surface area contributed by atoms with Crippen LogP contribution in [0.2, 0.25) is 0 Å². The molecule has 0 radical (unpaired) electrons. The van der Waals surface area contributed by atoms with Crippen LogP contribution in [0.3, 0.4) is 0 Å². The highest BCUT2D eigenvalue weighted by atomic mass is 19.3. The third-order valence-electron chi connectivity index (χ3n) is 2.72. The van der Waals surface area contributed by atoms with Crippen molar-refractivity contribution in [2.24, 2.45) is 0 Å². The van der Waals surface area contributed by atoms with Crippen molar-refractivity contribution in [3.63, 3.8) is 0 Å². The van der Waals surface area contributed by atoms with Gasteiger partial charge in [-0.3, -0.25) is 14.9 Å². The minimum absolute atomic E-state index is 0.00190. The van der Waals surface area contributed by atoms with E-state index in [0.29, 0.717) is 11.1 Å². The van der Waals surface area contributed by atoms with Crippen LogP contribution in [0.25, 0.3) is 6.08 Å². The van der Waals surface area contributed by atoms with Gasteiger partial charge in [0.2, 0.25) is 5.91 Å². The van der Waals surface area contributed by atoms with E-state index in [1.165, 1.54) is 24.3 Å². The molecule has 1 saturated heterocycles. The number of alkyl halides is 2. The third-order valence-corrected chi connectivity index (χ3v) is 2.72. The fourth-order valence-corrected chi connectivity index (χ4v) is 1.90. The summed E-state index contributed by atoms with van der Waals surface area (Å²) in [4.78, 5) is 22.6. The summed E-state index contributed by atoms with van der Waals surface area (Å²) < 4.78 is 34.2. The average Bonchev–Trinajstić information content (AvgIpc) is 2.71. The maximum Gasteiger partial charge on any atom is 0.387 e. The van der Waals surface area contributed by atoms with Crippen molar-refractivity contribution in [3.05, 3.63) is 29.3 Å². The van der Waals surface area contributed by atoms with Crippen LogP contribution < -0.4 is 14.8 Å². The maximum absolute atomic E-state index is 12.3. The molecule has 5 nitrogen and oxygen atoms in total. The molecular weight excluding hydrogens is 284 g/mol. The first-order chi connectivity index (χ1) is 9.99. The van der Waals surface area contributed by atoms with Gasteiger partial charge in [0.05, 0.1) is 13.0 Å². The molecule has 2 rings (SSSR count). The van der Waals surface area contributed by atoms with E-state index in [4.69, 9.17) is 4.74 Å². The first-order valence-corrected chi connectivity index (χ1v) is 6.26. The van der Waals surface area contributed by atoms with Gasteiger partial charge in [-0.25, -0.2) is 0 Å². The number of imide groups is 1. The number of carbonyl (C=O) groups excluding carboxylic acids is 2. The molecule has 0 unspecified atom stereocenters. The van der Waals surface area contributed by atoms with Crippen molar-refractivity contribution in [1.82, 2.24) is 5.32 Å². The number of hydrogen-bond acceptors (Lipinski definition) is 4. The Balaban J connectivity index is 2.29. The summed E-state index contributed by atoms with van der Waals surface area (Å²) >= 11 is 0. The first-order valence-electron chi connectivity index (χ1n) is 6.26. The fraction of sp³-hybridized carbons (Fsp3) is 0.286. The molecule has 0 atom stereocenters. The molecular formula is C14H13F2NO4. The number of halogens is 2. The van der Waals surface area contributed by atoms with E-state index in [1.54, 1.807) is 6.92 Å². The summed E-state index contributed by atoms with van der Waals surface area (Å²) in [5.74, 6) is -0.752. The molecule has 0 saturated carbocycles. The Hall–Kier alpha value is -2.44. The largest absolute Gasteiger partial charge is 0.490 e. The second-order valence-electron chi connectivity index (χ2n) is 4.24. The molecule has 1 heterocycles. The lowest BCUT2D eigenvalue weighted by atomic mass is 10.1. The van der Waals surface area contributed by atoms with E-state index >= 15 is 0 Å². The molecule has 1 fully saturated rings. The Morgan fingerprint density at radius 2 is 2.10 bits per heavy atom. The summed E-state index contributed by atoms with van der Waals surface area (Å²) in [5, 5.41) is 2.16. The third kappa shape index (κ3) is 3.77. The number of hydrogen-bond donors (Lipinski definition) is 1. The van der Waals surface area contributed by atoms with E-state index in [-0.39, 0.29) is 30.4 Å². The topological polar surface area (TPSA) is 64.6 Å². The van der Waals surface area contributed by atoms with Gasteiger partial charge in [-0.05, 0) is 30.7 Å². The summed E-state index contributed by atoms with van der Waals surface area (Å²) in [7, 11) is 0. The Kier molecular flexibility index (Phi) is 4.52. The highest BCUT2D eigenvalue weighted by molar-refractivity contribution is 6.15. The molecule has 2 amide bonds. The molecule has 1 aliphatic rings. The second-order valence-corrected chi connectivity index (χ2v) is 4.24. The highest BCUT2D eigenvalue weighted by Gasteiger charge is 2.23. The van der Waals surface area contributed by atoms with Crippen molar-refractivity contribution in [1.29, 1.82) is 0 Å². The predicted octanol–water partition coefficient (Wildman–Crippen LogP) is 2.12. The number of ether oxygens (including phenoxy) is 2. The zero-order valence-corrected chi connectivity index (χ0v) is 11.2. The lowest BCUT2D eigenvalue weighted by Crippen LogP contribution is -2.19. The van der Waals surface area contributed by atoms with Gasteiger partial charge in [-0.1, -0.05) is 6.07 Å². The van der Waals surface area contributed by atoms with Crippen LogP contribution in [0, 0.1) is 0 Å². The molecule has 7 heteroatoms. The molecule has 0 spiro atoms. The molecule has 0 bridgehead atoms. The van der Waals surface area contributed by atoms with E-state index < -0.39 is 12.5 Å². The van der Waals surface area contributed by atoms with Crippen molar-refractivity contribution in [2.75, 3.05) is 6.61 Å². The zero-order valence-electron chi connectivity index (χ0n) is 11.2. The van der Waals surface area contributed by atoms with E-state index in [9.17, 15) is 18.4 Å². The lowest BCUT2D eigenvalue weighted by molar-refractivity contribution is -0.124. The minimum Gasteiger partial charge on any atom is -0.490 e. The zero-order chi connectivity index (χ0) is 15.4. The van der Waals surface area contributed by atoms with Crippen LogP contribution >= 0.6 is 0 Å². The average molecular weight is 297 g/mol. The number of amides is 2. The van der Waals surface area contributed by atoms with Gasteiger partial charge in [0.1, 0.15) is 0 Å². The van der Waals surface area contributed by atoms with Gasteiger partial charge in [0.25, 0.3) is 5.91 Å². The predicted molar refractivity (Wildman–Crippen MR) is 70.0 cm³/mol. The number of nitrogens with one attached hydrogen (secondary N) is 1. The first kappa shape index (κ1) is 15.0. The number of benzene rings is 1. The molecule has 21 heavy (non-hydrogen) atoms. The quantitative estimate of drug-likeness (QED) is 0.668. The van der Waals surface area contributed by atoms with Crippen LogP contribution in [-0.4, -0.2) is 25.0 Å². The molecule has 1 N–H and O–H groups in total. The fourth-order valence-electron chi connectivity index (χ4n) is 1.90. The van der Waals surface area contributed by atoms with Crippen molar-refractivity contribution < 1.29 is 27.8 Å². The maximum atomic E-state index is 12.3. The number of carbonyl (C=O) groups is 2. The number of rotatable bonds is 5. The van der Waals surface area contributed by atoms with Crippen LogP contribution in [0.4, 0.5) is 8.78 Å². The van der Waals surface area contributed by atoms with Crippen LogP contribution in [0.5, 0.6) is 11.5 Å². The molecule has 0 aromatic heterocycles. The summed E-state index contributed by atoms with van der Waals surface area (Å²) in [6, 6.07) is 4.31. The van der Waals surface area contributed by atoms with Crippen LogP contribution in [-0.2, 0) is 9.59 Å². The Morgan fingerprint density at radius 1 is 1.33 bits per heavy atom. The summed E-state index contributed by atoms with van der Waals surface area (Å²) in [6.45, 7) is -0.967. The normalized spacial score (nSPS) is 16.5. The smallest absolute Gasteiger partial charge is 0.387 e. The van der Waals surface area contributed by atoms with Crippen LogP contribution in [0.15, 0.2) is 23.8 Å². The van der Waals surface area contributed by atoms with E-state index in [1.807, 2.05) is 0 Å². The molecule has 1 aliphatic heterocycles. The second kappa shape index (κ2) is 6.34. The van der Waals surface area contributed by atoms with Gasteiger partial charge >= 0.3 is 6.61 Å². The van der Waals surface area contributed by atoms with Crippen LogP contribution in [0.1, 0.15) is 18.9 Å². The van der Waals surface area contributed by atoms with Crippen molar-refractivity contribution in [2.45, 2.75) is 20.0 Å². The molecule has 1 aromatic rings. The van der Waals surface area contributed by atoms with Gasteiger partial charge < -0.3 is 9.47 Å². The Labute approximate surface area is 119 Å². The molecule has 112 valence electrons.